The summed E-state index contributed by atoms with van der Waals surface area (Å²) in [6.07, 6.45) is 5.83. The van der Waals surface area contributed by atoms with Crippen molar-refractivity contribution in [3.63, 3.8) is 0 Å². The number of carbonyl (C=O) groups excluding carboxylic acids is 1. The molecule has 2 fully saturated rings. The van der Waals surface area contributed by atoms with Gasteiger partial charge in [0.25, 0.3) is 0 Å². The Morgan fingerprint density at radius 3 is 2.74 bits per heavy atom. The molecular weight excluding hydrogens is 242 g/mol. The average Bonchev–Trinajstić information content (AvgIpc) is 2.85. The largest absolute Gasteiger partial charge is 0.372 e. The van der Waals surface area contributed by atoms with Gasteiger partial charge in [-0.25, -0.2) is 4.79 Å². The fraction of sp³-hybridized carbons (Fsp3) is 0.929. The number of nitrogens with zero attached hydrogens (tertiary/aromatic N) is 1. The number of ether oxygens (including phenoxy) is 1. The molecule has 1 aliphatic heterocycles. The quantitative estimate of drug-likeness (QED) is 0.764. The van der Waals surface area contributed by atoms with Crippen molar-refractivity contribution in [3.05, 3.63) is 0 Å². The monoisotopic (exact) mass is 269 g/mol. The molecule has 0 radical (unpaired) electrons. The van der Waals surface area contributed by atoms with Gasteiger partial charge in [0.05, 0.1) is 12.2 Å². The summed E-state index contributed by atoms with van der Waals surface area (Å²) in [5.74, 6) is 0.840. The van der Waals surface area contributed by atoms with E-state index in [0.29, 0.717) is 19.7 Å². The Balaban J connectivity index is 1.74. The number of nitrogens with one attached hydrogen (secondary N) is 1. The Hall–Kier alpha value is -0.810. The zero-order valence-corrected chi connectivity index (χ0v) is 12.0. The summed E-state index contributed by atoms with van der Waals surface area (Å²) in [6, 6.07) is 0.0279. The summed E-state index contributed by atoms with van der Waals surface area (Å²) >= 11 is 0. The Kier molecular flexibility index (Phi) is 5.05. The van der Waals surface area contributed by atoms with Crippen LogP contribution in [0, 0.1) is 5.92 Å². The molecule has 0 unspecified atom stereocenters. The van der Waals surface area contributed by atoms with Gasteiger partial charge in [-0.2, -0.15) is 0 Å². The smallest absolute Gasteiger partial charge is 0.317 e. The molecule has 0 aromatic heterocycles. The van der Waals surface area contributed by atoms with Crippen LogP contribution in [-0.4, -0.2) is 49.3 Å². The van der Waals surface area contributed by atoms with E-state index in [9.17, 15) is 4.79 Å². The Morgan fingerprint density at radius 2 is 2.21 bits per heavy atom. The van der Waals surface area contributed by atoms with Gasteiger partial charge in [-0.3, -0.25) is 0 Å². The van der Waals surface area contributed by atoms with Crippen LogP contribution in [0.25, 0.3) is 0 Å². The zero-order chi connectivity index (χ0) is 13.7. The maximum Gasteiger partial charge on any atom is 0.317 e. The van der Waals surface area contributed by atoms with Crippen LogP contribution in [-0.2, 0) is 4.74 Å². The van der Waals surface area contributed by atoms with E-state index < -0.39 is 0 Å². The normalized spacial score (nSPS) is 31.6. The second-order valence-corrected chi connectivity index (χ2v) is 5.81. The molecule has 110 valence electrons. The molecule has 19 heavy (non-hydrogen) atoms. The summed E-state index contributed by atoms with van der Waals surface area (Å²) in [6.45, 7) is 5.66. The lowest BCUT2D eigenvalue weighted by molar-refractivity contribution is -0.0740. The van der Waals surface area contributed by atoms with E-state index in [-0.39, 0.29) is 11.6 Å². The van der Waals surface area contributed by atoms with Crippen molar-refractivity contribution >= 4 is 6.03 Å². The van der Waals surface area contributed by atoms with Crippen molar-refractivity contribution in [2.45, 2.75) is 44.6 Å². The number of rotatable bonds is 6. The van der Waals surface area contributed by atoms with E-state index >= 15 is 0 Å². The van der Waals surface area contributed by atoms with Crippen LogP contribution in [0.15, 0.2) is 0 Å². The first-order valence-corrected chi connectivity index (χ1v) is 7.56. The predicted octanol–water partition coefficient (Wildman–Crippen LogP) is 1.33. The third kappa shape index (κ3) is 3.60. The molecule has 0 atom stereocenters. The molecule has 0 spiro atoms. The van der Waals surface area contributed by atoms with Gasteiger partial charge in [-0.05, 0) is 31.6 Å². The Morgan fingerprint density at radius 1 is 1.47 bits per heavy atom. The van der Waals surface area contributed by atoms with E-state index in [1.165, 1.54) is 19.3 Å². The van der Waals surface area contributed by atoms with E-state index in [2.05, 4.69) is 12.2 Å². The van der Waals surface area contributed by atoms with Gasteiger partial charge in [0.15, 0.2) is 0 Å². The summed E-state index contributed by atoms with van der Waals surface area (Å²) in [5, 5.41) is 2.80. The van der Waals surface area contributed by atoms with Crippen LogP contribution < -0.4 is 11.1 Å². The van der Waals surface area contributed by atoms with Crippen LogP contribution >= 0.6 is 0 Å². The molecule has 3 N–H and O–H groups in total. The molecule has 2 rings (SSSR count). The summed E-state index contributed by atoms with van der Waals surface area (Å²) in [5.41, 5.74) is 5.79. The van der Waals surface area contributed by atoms with Gasteiger partial charge in [-0.15, -0.1) is 0 Å². The molecule has 0 aromatic carbocycles. The molecular formula is C14H27N3O2. The minimum Gasteiger partial charge on any atom is -0.372 e. The highest BCUT2D eigenvalue weighted by molar-refractivity contribution is 5.76. The average molecular weight is 269 g/mol. The van der Waals surface area contributed by atoms with E-state index in [0.717, 1.165) is 31.8 Å². The molecule has 1 heterocycles. The standard InChI is InChI=1S/C14H27N3O2/c1-2-12-3-5-14(11-15,6-4-12)19-10-9-17-8-7-16-13(17)18/h12H,2-11,15H2,1H3,(H,16,18). The number of amides is 2. The second-order valence-electron chi connectivity index (χ2n) is 5.81. The van der Waals surface area contributed by atoms with Gasteiger partial charge in [0.1, 0.15) is 0 Å². The number of carbonyl (C=O) groups is 1. The predicted molar refractivity (Wildman–Crippen MR) is 75.0 cm³/mol. The number of hydrogen-bond donors (Lipinski definition) is 2. The van der Waals surface area contributed by atoms with Crippen molar-refractivity contribution in [3.8, 4) is 0 Å². The zero-order valence-electron chi connectivity index (χ0n) is 12.0. The third-order valence-electron chi connectivity index (χ3n) is 4.68. The fourth-order valence-electron chi connectivity index (χ4n) is 3.12. The molecule has 5 nitrogen and oxygen atoms in total. The molecule has 1 saturated carbocycles. The van der Waals surface area contributed by atoms with Gasteiger partial charge < -0.3 is 20.7 Å². The van der Waals surface area contributed by atoms with E-state index in [1.54, 1.807) is 0 Å². The molecule has 1 aliphatic carbocycles. The van der Waals surface area contributed by atoms with Crippen LogP contribution in [0.2, 0.25) is 0 Å². The molecule has 5 heteroatoms. The van der Waals surface area contributed by atoms with Crippen LogP contribution in [0.3, 0.4) is 0 Å². The maximum absolute atomic E-state index is 11.4. The lowest BCUT2D eigenvalue weighted by Gasteiger charge is -2.39. The van der Waals surface area contributed by atoms with Gasteiger partial charge >= 0.3 is 6.03 Å². The number of urea groups is 1. The summed E-state index contributed by atoms with van der Waals surface area (Å²) in [4.78, 5) is 13.2. The van der Waals surface area contributed by atoms with Crippen molar-refractivity contribution in [1.82, 2.24) is 10.2 Å². The van der Waals surface area contributed by atoms with Crippen molar-refractivity contribution in [1.29, 1.82) is 0 Å². The summed E-state index contributed by atoms with van der Waals surface area (Å²) in [7, 11) is 0. The first-order valence-electron chi connectivity index (χ1n) is 7.56. The highest BCUT2D eigenvalue weighted by Gasteiger charge is 2.34. The Labute approximate surface area is 115 Å². The first kappa shape index (κ1) is 14.6. The van der Waals surface area contributed by atoms with Crippen molar-refractivity contribution in [2.75, 3.05) is 32.8 Å². The number of hydrogen-bond acceptors (Lipinski definition) is 3. The maximum atomic E-state index is 11.4. The lowest BCUT2D eigenvalue weighted by atomic mass is 9.77. The van der Waals surface area contributed by atoms with Gasteiger partial charge in [0, 0.05) is 26.2 Å². The highest BCUT2D eigenvalue weighted by Crippen LogP contribution is 2.35. The van der Waals surface area contributed by atoms with Crippen LogP contribution in [0.5, 0.6) is 0 Å². The van der Waals surface area contributed by atoms with Gasteiger partial charge in [0.2, 0.25) is 0 Å². The lowest BCUT2D eigenvalue weighted by Crippen LogP contribution is -2.45. The number of nitrogens with two attached hydrogens (primary N) is 1. The minimum atomic E-state index is -0.137. The second kappa shape index (κ2) is 6.57. The molecule has 2 amide bonds. The molecule has 1 saturated heterocycles. The minimum absolute atomic E-state index is 0.0279. The van der Waals surface area contributed by atoms with Crippen molar-refractivity contribution in [2.24, 2.45) is 11.7 Å². The highest BCUT2D eigenvalue weighted by atomic mass is 16.5. The summed E-state index contributed by atoms with van der Waals surface area (Å²) < 4.78 is 6.08. The van der Waals surface area contributed by atoms with E-state index in [4.69, 9.17) is 10.5 Å². The Bertz CT molecular complexity index is 301. The van der Waals surface area contributed by atoms with E-state index in [1.807, 2.05) is 4.90 Å². The molecule has 0 aromatic rings. The van der Waals surface area contributed by atoms with Crippen LogP contribution in [0.1, 0.15) is 39.0 Å². The van der Waals surface area contributed by atoms with Gasteiger partial charge in [-0.1, -0.05) is 13.3 Å². The molecule has 2 aliphatic rings. The topological polar surface area (TPSA) is 67.6 Å². The fourth-order valence-corrected chi connectivity index (χ4v) is 3.12. The molecule has 0 bridgehead atoms. The van der Waals surface area contributed by atoms with Crippen molar-refractivity contribution < 1.29 is 9.53 Å². The SMILES string of the molecule is CCC1CCC(CN)(OCCN2CCNC2=O)CC1. The van der Waals surface area contributed by atoms with Crippen LogP contribution in [0.4, 0.5) is 4.79 Å². The first-order chi connectivity index (χ1) is 9.19. The third-order valence-corrected chi connectivity index (χ3v) is 4.68.